The van der Waals surface area contributed by atoms with E-state index in [0.717, 1.165) is 46.4 Å². The molecule has 42 heavy (non-hydrogen) atoms. The molecule has 5 aromatic rings. The van der Waals surface area contributed by atoms with Crippen LogP contribution in [0.5, 0.6) is 11.5 Å². The van der Waals surface area contributed by atoms with Gasteiger partial charge in [-0.05, 0) is 69.5 Å². The lowest BCUT2D eigenvalue weighted by Crippen LogP contribution is -2.24. The third-order valence-corrected chi connectivity index (χ3v) is 9.26. The Bertz CT molecular complexity index is 1780. The van der Waals surface area contributed by atoms with E-state index < -0.39 is 5.82 Å². The Morgan fingerprint density at radius 3 is 2.64 bits per heavy atom. The minimum atomic E-state index is -0.607. The van der Waals surface area contributed by atoms with Gasteiger partial charge in [-0.25, -0.2) is 9.37 Å². The molecule has 214 valence electrons. The van der Waals surface area contributed by atoms with Gasteiger partial charge in [-0.2, -0.15) is 0 Å². The van der Waals surface area contributed by atoms with Crippen molar-refractivity contribution < 1.29 is 13.9 Å². The highest BCUT2D eigenvalue weighted by atomic mass is 79.9. The van der Waals surface area contributed by atoms with Gasteiger partial charge >= 0.3 is 0 Å². The number of hydrogen-bond acceptors (Lipinski definition) is 4. The molecule has 0 aliphatic rings. The number of carbonyl (C=O) groups is 1. The van der Waals surface area contributed by atoms with E-state index in [0.29, 0.717) is 22.9 Å². The van der Waals surface area contributed by atoms with Crippen LogP contribution in [0.2, 0.25) is 0 Å². The van der Waals surface area contributed by atoms with Crippen molar-refractivity contribution in [1.82, 2.24) is 9.97 Å². The summed E-state index contributed by atoms with van der Waals surface area (Å²) in [5, 5.41) is 3.57. The first-order valence-corrected chi connectivity index (χ1v) is 15.5. The second-order valence-electron chi connectivity index (χ2n) is 11.4. The van der Waals surface area contributed by atoms with Crippen LogP contribution in [0.1, 0.15) is 68.1 Å². The van der Waals surface area contributed by atoms with Crippen molar-refractivity contribution >= 4 is 44.5 Å². The Balaban J connectivity index is 1.43. The highest BCUT2D eigenvalue weighted by molar-refractivity contribution is 9.10. The van der Waals surface area contributed by atoms with E-state index >= 15 is 0 Å². The molecule has 0 fully saturated rings. The Morgan fingerprint density at radius 1 is 1.10 bits per heavy atom. The van der Waals surface area contributed by atoms with E-state index in [4.69, 9.17) is 16.1 Å². The topological polar surface area (TPSA) is 55.0 Å². The number of H-pyrrole nitrogens is 1. The second-order valence-corrected chi connectivity index (χ2v) is 13.2. The van der Waals surface area contributed by atoms with E-state index in [1.807, 2.05) is 24.3 Å². The number of benzene rings is 3. The molecule has 5 rings (SSSR count). The summed E-state index contributed by atoms with van der Waals surface area (Å²) in [6.07, 6.45) is 11.9. The number of fused-ring (bicyclic) bond motifs is 1. The third kappa shape index (κ3) is 6.21. The normalized spacial score (nSPS) is 13.0. The number of hydrogen-bond donors (Lipinski definition) is 1. The van der Waals surface area contributed by atoms with Gasteiger partial charge in [0.25, 0.3) is 0 Å². The molecule has 1 N–H and O–H groups in total. The van der Waals surface area contributed by atoms with Crippen LogP contribution in [-0.4, -0.2) is 16.3 Å². The fourth-order valence-electron chi connectivity index (χ4n) is 5.24. The van der Waals surface area contributed by atoms with E-state index in [1.165, 1.54) is 11.6 Å². The first kappa shape index (κ1) is 29.8. The predicted molar refractivity (Wildman–Crippen MR) is 173 cm³/mol. The number of rotatable bonds is 11. The number of nitrogens with zero attached hydrogens (tertiary/aromatic N) is 1. The number of aromatic nitrogens is 2. The summed E-state index contributed by atoms with van der Waals surface area (Å²) in [7, 11) is 0. The fraction of sp³-hybridized carbons (Fsp3) is 0.257. The quantitative estimate of drug-likeness (QED) is 0.0886. The van der Waals surface area contributed by atoms with Crippen LogP contribution in [0.4, 0.5) is 4.39 Å². The van der Waals surface area contributed by atoms with Gasteiger partial charge in [0.1, 0.15) is 10.8 Å². The Morgan fingerprint density at radius 2 is 1.88 bits per heavy atom. The Labute approximate surface area is 258 Å². The van der Waals surface area contributed by atoms with Gasteiger partial charge in [0, 0.05) is 49.4 Å². The SMILES string of the molecule is C#CC(C)(C)CCCCC(C)(c1cccc(Br)c1)c1csc(-c2cccc(Oc3c(F)cc4[nH]ccc4c3C=O)c2)n1. The average Bonchev–Trinajstić information content (AvgIpc) is 3.66. The first-order valence-electron chi connectivity index (χ1n) is 13.9. The first-order chi connectivity index (χ1) is 20.1. The van der Waals surface area contributed by atoms with Crippen LogP contribution < -0.4 is 4.74 Å². The monoisotopic (exact) mass is 642 g/mol. The molecular formula is C35H32BrFN2O2S. The van der Waals surface area contributed by atoms with Gasteiger partial charge in [-0.3, -0.25) is 4.79 Å². The van der Waals surface area contributed by atoms with Crippen molar-refractivity contribution in [2.45, 2.75) is 51.9 Å². The molecule has 0 aliphatic heterocycles. The van der Waals surface area contributed by atoms with E-state index in [2.05, 4.69) is 71.2 Å². The molecule has 0 saturated heterocycles. The van der Waals surface area contributed by atoms with Crippen LogP contribution in [0.3, 0.4) is 0 Å². The van der Waals surface area contributed by atoms with Crippen LogP contribution in [0, 0.1) is 23.6 Å². The predicted octanol–water partition coefficient (Wildman–Crippen LogP) is 10.3. The molecule has 1 unspecified atom stereocenters. The van der Waals surface area contributed by atoms with E-state index in [9.17, 15) is 9.18 Å². The number of unbranched alkanes of at least 4 members (excludes halogenated alkanes) is 1. The highest BCUT2D eigenvalue weighted by Crippen LogP contribution is 2.41. The van der Waals surface area contributed by atoms with Gasteiger partial charge in [0.05, 0.1) is 11.3 Å². The number of ether oxygens (including phenoxy) is 1. The van der Waals surface area contributed by atoms with Gasteiger partial charge in [-0.15, -0.1) is 23.7 Å². The van der Waals surface area contributed by atoms with Crippen molar-refractivity contribution in [1.29, 1.82) is 0 Å². The molecule has 0 spiro atoms. The second kappa shape index (κ2) is 12.2. The van der Waals surface area contributed by atoms with Crippen LogP contribution in [-0.2, 0) is 5.41 Å². The van der Waals surface area contributed by atoms with Gasteiger partial charge < -0.3 is 9.72 Å². The Hall–Kier alpha value is -3.73. The fourth-order valence-corrected chi connectivity index (χ4v) is 6.59. The number of terminal acetylenes is 1. The summed E-state index contributed by atoms with van der Waals surface area (Å²) < 4.78 is 22.0. The summed E-state index contributed by atoms with van der Waals surface area (Å²) in [4.78, 5) is 19.9. The van der Waals surface area contributed by atoms with E-state index in [-0.39, 0.29) is 22.1 Å². The molecule has 0 amide bonds. The van der Waals surface area contributed by atoms with E-state index in [1.54, 1.807) is 29.7 Å². The molecule has 0 aliphatic carbocycles. The zero-order valence-corrected chi connectivity index (χ0v) is 26.2. The zero-order chi connectivity index (χ0) is 29.9. The molecule has 4 nitrogen and oxygen atoms in total. The number of carbonyl (C=O) groups excluding carboxylic acids is 1. The van der Waals surface area contributed by atoms with Crippen molar-refractivity contribution in [2.75, 3.05) is 0 Å². The number of aldehydes is 1. The molecule has 0 saturated carbocycles. The molecule has 2 aromatic heterocycles. The molecule has 3 aromatic carbocycles. The van der Waals surface area contributed by atoms with Crippen molar-refractivity contribution in [3.63, 3.8) is 0 Å². The smallest absolute Gasteiger partial charge is 0.174 e. The van der Waals surface area contributed by atoms with Crippen LogP contribution >= 0.6 is 27.3 Å². The lowest BCUT2D eigenvalue weighted by molar-refractivity contribution is 0.112. The largest absolute Gasteiger partial charge is 0.453 e. The zero-order valence-electron chi connectivity index (χ0n) is 23.8. The maximum Gasteiger partial charge on any atom is 0.174 e. The molecule has 0 bridgehead atoms. The lowest BCUT2D eigenvalue weighted by Gasteiger charge is -2.29. The number of nitrogens with one attached hydrogen (secondary N) is 1. The summed E-state index contributed by atoms with van der Waals surface area (Å²) in [5.74, 6) is 2.62. The van der Waals surface area contributed by atoms with Gasteiger partial charge in [-0.1, -0.05) is 53.0 Å². The maximum atomic E-state index is 15.0. The van der Waals surface area contributed by atoms with Crippen LogP contribution in [0.25, 0.3) is 21.5 Å². The Kier molecular flexibility index (Phi) is 8.68. The molecule has 2 heterocycles. The van der Waals surface area contributed by atoms with Crippen molar-refractivity contribution in [3.05, 3.63) is 99.4 Å². The standard InChI is InChI=1S/C35H32BrFN2O2S/c1-5-34(2,3)15-6-7-16-35(4,24-11-9-12-25(36)19-24)31-22-42-33(39-31)23-10-8-13-26(18-23)41-32-28(21-40)27-14-17-38-30(27)20-29(32)37/h1,8-14,17-22,38H,6-7,15-16H2,2-4H3. The highest BCUT2D eigenvalue weighted by Gasteiger charge is 2.32. The molecular weight excluding hydrogens is 611 g/mol. The van der Waals surface area contributed by atoms with Gasteiger partial charge in [0.15, 0.2) is 17.9 Å². The molecule has 0 radical (unpaired) electrons. The molecule has 7 heteroatoms. The van der Waals surface area contributed by atoms with Crippen LogP contribution in [0.15, 0.2) is 76.7 Å². The number of halogens is 2. The minimum absolute atomic E-state index is 0.0932. The lowest BCUT2D eigenvalue weighted by atomic mass is 9.75. The van der Waals surface area contributed by atoms with Gasteiger partial charge in [0.2, 0.25) is 0 Å². The van der Waals surface area contributed by atoms with Crippen molar-refractivity contribution in [2.24, 2.45) is 5.41 Å². The average molecular weight is 644 g/mol. The molecule has 1 atom stereocenters. The number of aromatic amines is 1. The van der Waals surface area contributed by atoms with Crippen molar-refractivity contribution in [3.8, 4) is 34.4 Å². The summed E-state index contributed by atoms with van der Waals surface area (Å²) >= 11 is 5.21. The summed E-state index contributed by atoms with van der Waals surface area (Å²) in [5.41, 5.74) is 3.33. The summed E-state index contributed by atoms with van der Waals surface area (Å²) in [6, 6.07) is 18.9. The summed E-state index contributed by atoms with van der Waals surface area (Å²) in [6.45, 7) is 6.47. The third-order valence-electron chi connectivity index (χ3n) is 7.87. The number of thiazole rings is 1. The maximum absolute atomic E-state index is 15.0. The minimum Gasteiger partial charge on any atom is -0.453 e.